The topological polar surface area (TPSA) is 0 Å². The molecule has 1 heteroatoms. The molecule has 0 atom stereocenters. The van der Waals surface area contributed by atoms with Crippen LogP contribution >= 0.6 is 15.9 Å². The molecule has 0 spiro atoms. The Morgan fingerprint density at radius 3 is 2.82 bits per heavy atom. The zero-order chi connectivity index (χ0) is 11.8. The Labute approximate surface area is 112 Å². The fourth-order valence-corrected chi connectivity index (χ4v) is 4.04. The highest BCUT2D eigenvalue weighted by Crippen LogP contribution is 2.39. The molecule has 0 N–H and O–H groups in total. The SMILES string of the molecule is CCCC1=Cc2c(cc3c(c2Br)CCCC3)C1. The Morgan fingerprint density at radius 2 is 2.00 bits per heavy atom. The maximum atomic E-state index is 3.85. The summed E-state index contributed by atoms with van der Waals surface area (Å²) in [6, 6.07) is 2.48. The van der Waals surface area contributed by atoms with E-state index in [1.165, 1.54) is 55.0 Å². The molecule has 0 bridgehead atoms. The second-order valence-corrected chi connectivity index (χ2v) is 6.13. The molecule has 0 aliphatic heterocycles. The van der Waals surface area contributed by atoms with Crippen LogP contribution in [0.5, 0.6) is 0 Å². The first-order chi connectivity index (χ1) is 8.29. The van der Waals surface area contributed by atoms with Crippen molar-refractivity contribution in [2.45, 2.75) is 51.9 Å². The van der Waals surface area contributed by atoms with Crippen LogP contribution in [0.4, 0.5) is 0 Å². The number of benzene rings is 1. The second-order valence-electron chi connectivity index (χ2n) is 5.34. The fraction of sp³-hybridized carbons (Fsp3) is 0.500. The predicted molar refractivity (Wildman–Crippen MR) is 77.4 cm³/mol. The van der Waals surface area contributed by atoms with Gasteiger partial charge in [-0.05, 0) is 76.7 Å². The minimum atomic E-state index is 1.19. The molecule has 0 saturated heterocycles. The van der Waals surface area contributed by atoms with Crippen molar-refractivity contribution in [3.63, 3.8) is 0 Å². The average Bonchev–Trinajstić information content (AvgIpc) is 2.73. The van der Waals surface area contributed by atoms with Crippen molar-refractivity contribution in [3.05, 3.63) is 38.4 Å². The Balaban J connectivity index is 2.04. The zero-order valence-electron chi connectivity index (χ0n) is 10.5. The normalized spacial score (nSPS) is 17.6. The molecule has 0 aromatic heterocycles. The van der Waals surface area contributed by atoms with Gasteiger partial charge in [0.2, 0.25) is 0 Å². The molecule has 1 aromatic rings. The fourth-order valence-electron chi connectivity index (χ4n) is 3.21. The quantitative estimate of drug-likeness (QED) is 0.714. The van der Waals surface area contributed by atoms with Crippen molar-refractivity contribution in [1.82, 2.24) is 0 Å². The van der Waals surface area contributed by atoms with E-state index in [2.05, 4.69) is 35.0 Å². The number of hydrogen-bond acceptors (Lipinski definition) is 0. The minimum absolute atomic E-state index is 1.19. The summed E-state index contributed by atoms with van der Waals surface area (Å²) in [6.07, 6.45) is 11.4. The van der Waals surface area contributed by atoms with Gasteiger partial charge in [0.25, 0.3) is 0 Å². The number of hydrogen-bond donors (Lipinski definition) is 0. The molecule has 2 aliphatic carbocycles. The maximum absolute atomic E-state index is 3.85. The third-order valence-electron chi connectivity index (χ3n) is 4.04. The molecule has 17 heavy (non-hydrogen) atoms. The number of halogens is 1. The molecule has 90 valence electrons. The molecule has 0 amide bonds. The summed E-state index contributed by atoms with van der Waals surface area (Å²) in [6.45, 7) is 2.27. The summed E-state index contributed by atoms with van der Waals surface area (Å²) >= 11 is 3.85. The lowest BCUT2D eigenvalue weighted by atomic mass is 9.88. The Hall–Kier alpha value is -0.560. The van der Waals surface area contributed by atoms with Gasteiger partial charge in [-0.3, -0.25) is 0 Å². The van der Waals surface area contributed by atoms with Crippen LogP contribution in [0.3, 0.4) is 0 Å². The summed E-state index contributed by atoms with van der Waals surface area (Å²) in [5, 5.41) is 0. The van der Waals surface area contributed by atoms with E-state index < -0.39 is 0 Å². The summed E-state index contributed by atoms with van der Waals surface area (Å²) in [4.78, 5) is 0. The van der Waals surface area contributed by atoms with E-state index in [-0.39, 0.29) is 0 Å². The molecule has 2 aliphatic rings. The summed E-state index contributed by atoms with van der Waals surface area (Å²) in [5.74, 6) is 0. The monoisotopic (exact) mass is 290 g/mol. The van der Waals surface area contributed by atoms with Gasteiger partial charge >= 0.3 is 0 Å². The van der Waals surface area contributed by atoms with Gasteiger partial charge in [0, 0.05) is 4.47 Å². The highest BCUT2D eigenvalue weighted by molar-refractivity contribution is 9.10. The van der Waals surface area contributed by atoms with Crippen molar-refractivity contribution in [2.24, 2.45) is 0 Å². The van der Waals surface area contributed by atoms with Crippen LogP contribution in [0.1, 0.15) is 54.9 Å². The van der Waals surface area contributed by atoms with Gasteiger partial charge in [-0.15, -0.1) is 0 Å². The first-order valence-corrected chi connectivity index (χ1v) is 7.61. The second kappa shape index (κ2) is 4.61. The standard InChI is InChI=1S/C16H19Br/c1-2-5-11-8-13-10-12-6-3-4-7-14(12)16(17)15(13)9-11/h9-10H,2-8H2,1H3. The minimum Gasteiger partial charge on any atom is -0.0652 e. The van der Waals surface area contributed by atoms with Crippen molar-refractivity contribution >= 4 is 22.0 Å². The van der Waals surface area contributed by atoms with Crippen molar-refractivity contribution in [1.29, 1.82) is 0 Å². The van der Waals surface area contributed by atoms with E-state index in [0.29, 0.717) is 0 Å². The van der Waals surface area contributed by atoms with E-state index in [1.54, 1.807) is 22.3 Å². The Bertz CT molecular complexity index is 483. The van der Waals surface area contributed by atoms with Gasteiger partial charge in [0.15, 0.2) is 0 Å². The van der Waals surface area contributed by atoms with Crippen molar-refractivity contribution in [3.8, 4) is 0 Å². The molecule has 0 unspecified atom stereocenters. The van der Waals surface area contributed by atoms with Crippen LogP contribution in [0.25, 0.3) is 6.08 Å². The van der Waals surface area contributed by atoms with Gasteiger partial charge in [-0.1, -0.05) is 31.1 Å². The molecule has 3 rings (SSSR count). The van der Waals surface area contributed by atoms with E-state index in [9.17, 15) is 0 Å². The van der Waals surface area contributed by atoms with Gasteiger partial charge in [-0.2, -0.15) is 0 Å². The Morgan fingerprint density at radius 1 is 1.18 bits per heavy atom. The summed E-state index contributed by atoms with van der Waals surface area (Å²) < 4.78 is 1.40. The van der Waals surface area contributed by atoms with E-state index in [1.807, 2.05) is 0 Å². The van der Waals surface area contributed by atoms with Gasteiger partial charge in [0.05, 0.1) is 0 Å². The molecule has 1 aromatic carbocycles. The largest absolute Gasteiger partial charge is 0.0652 e. The molecule has 0 nitrogen and oxygen atoms in total. The molecular formula is C16H19Br. The van der Waals surface area contributed by atoms with Crippen LogP contribution in [-0.2, 0) is 19.3 Å². The van der Waals surface area contributed by atoms with E-state index in [0.717, 1.165) is 0 Å². The average molecular weight is 291 g/mol. The first-order valence-electron chi connectivity index (χ1n) is 6.82. The zero-order valence-corrected chi connectivity index (χ0v) is 12.1. The molecule has 0 radical (unpaired) electrons. The number of rotatable bonds is 2. The van der Waals surface area contributed by atoms with Gasteiger partial charge < -0.3 is 0 Å². The highest BCUT2D eigenvalue weighted by Gasteiger charge is 2.21. The summed E-state index contributed by atoms with van der Waals surface area (Å²) in [5.41, 5.74) is 7.85. The number of aryl methyl sites for hydroxylation is 1. The van der Waals surface area contributed by atoms with Crippen molar-refractivity contribution in [2.75, 3.05) is 0 Å². The number of fused-ring (bicyclic) bond motifs is 2. The third kappa shape index (κ3) is 1.99. The van der Waals surface area contributed by atoms with Crippen LogP contribution in [0.2, 0.25) is 0 Å². The molecule has 0 heterocycles. The van der Waals surface area contributed by atoms with Crippen LogP contribution in [-0.4, -0.2) is 0 Å². The van der Waals surface area contributed by atoms with Crippen LogP contribution in [0, 0.1) is 0 Å². The Kier molecular flexibility index (Phi) is 3.12. The third-order valence-corrected chi connectivity index (χ3v) is 4.95. The summed E-state index contributed by atoms with van der Waals surface area (Å²) in [7, 11) is 0. The lowest BCUT2D eigenvalue weighted by Crippen LogP contribution is -2.05. The maximum Gasteiger partial charge on any atom is 0.0285 e. The number of allylic oxidation sites excluding steroid dienone is 1. The first kappa shape index (κ1) is 11.5. The molecular weight excluding hydrogens is 272 g/mol. The lowest BCUT2D eigenvalue weighted by molar-refractivity contribution is 0.682. The smallest absolute Gasteiger partial charge is 0.0285 e. The molecule has 0 fully saturated rings. The highest BCUT2D eigenvalue weighted by atomic mass is 79.9. The van der Waals surface area contributed by atoms with Gasteiger partial charge in [-0.25, -0.2) is 0 Å². The van der Waals surface area contributed by atoms with E-state index >= 15 is 0 Å². The van der Waals surface area contributed by atoms with Crippen LogP contribution < -0.4 is 0 Å². The predicted octanol–water partition coefficient (Wildman–Crippen LogP) is 5.07. The molecule has 0 saturated carbocycles. The van der Waals surface area contributed by atoms with Crippen molar-refractivity contribution < 1.29 is 0 Å². The van der Waals surface area contributed by atoms with E-state index in [4.69, 9.17) is 0 Å². The van der Waals surface area contributed by atoms with Crippen LogP contribution in [0.15, 0.2) is 16.1 Å². The lowest BCUT2D eigenvalue weighted by Gasteiger charge is -2.19. The van der Waals surface area contributed by atoms with Gasteiger partial charge in [0.1, 0.15) is 0 Å².